The van der Waals surface area contributed by atoms with Crippen molar-refractivity contribution in [2.75, 3.05) is 20.1 Å². The summed E-state index contributed by atoms with van der Waals surface area (Å²) in [5.74, 6) is 0. The molecule has 1 N–H and O–H groups in total. The molecule has 0 radical (unpaired) electrons. The van der Waals surface area contributed by atoms with Crippen molar-refractivity contribution in [2.24, 2.45) is 0 Å². The van der Waals surface area contributed by atoms with E-state index in [4.69, 9.17) is 0 Å². The van der Waals surface area contributed by atoms with Crippen LogP contribution in [0.1, 0.15) is 42.9 Å². The Bertz CT molecular complexity index is 445. The van der Waals surface area contributed by atoms with Gasteiger partial charge in [0.1, 0.15) is 0 Å². The maximum absolute atomic E-state index is 3.47. The average Bonchev–Trinajstić information content (AvgIpc) is 2.89. The summed E-state index contributed by atoms with van der Waals surface area (Å²) in [6.45, 7) is 5.91. The van der Waals surface area contributed by atoms with Gasteiger partial charge in [-0.25, -0.2) is 0 Å². The van der Waals surface area contributed by atoms with Crippen LogP contribution in [-0.2, 0) is 19.4 Å². The first-order valence-electron chi connectivity index (χ1n) is 7.70. The molecule has 2 nitrogen and oxygen atoms in total. The SMILES string of the molecule is CNC1(C)CCN(Cc2ccc3c(c2)CCC3)CC1. The number of hydrogen-bond donors (Lipinski definition) is 1. The van der Waals surface area contributed by atoms with E-state index in [-0.39, 0.29) is 0 Å². The van der Waals surface area contributed by atoms with Crippen LogP contribution in [0.15, 0.2) is 18.2 Å². The second-order valence-corrected chi connectivity index (χ2v) is 6.54. The summed E-state index contributed by atoms with van der Waals surface area (Å²) in [6, 6.07) is 7.16. The number of rotatable bonds is 3. The molecule has 0 spiro atoms. The number of benzene rings is 1. The van der Waals surface area contributed by atoms with Gasteiger partial charge in [-0.2, -0.15) is 0 Å². The third-order valence-corrected chi connectivity index (χ3v) is 5.13. The maximum Gasteiger partial charge on any atom is 0.0233 e. The van der Waals surface area contributed by atoms with Crippen LogP contribution in [-0.4, -0.2) is 30.6 Å². The summed E-state index contributed by atoms with van der Waals surface area (Å²) < 4.78 is 0. The van der Waals surface area contributed by atoms with E-state index in [0.29, 0.717) is 5.54 Å². The predicted molar refractivity (Wildman–Crippen MR) is 80.4 cm³/mol. The Labute approximate surface area is 117 Å². The molecule has 1 saturated heterocycles. The number of hydrogen-bond acceptors (Lipinski definition) is 2. The van der Waals surface area contributed by atoms with Gasteiger partial charge in [0, 0.05) is 25.2 Å². The van der Waals surface area contributed by atoms with Crippen LogP contribution >= 0.6 is 0 Å². The van der Waals surface area contributed by atoms with Gasteiger partial charge in [-0.3, -0.25) is 4.90 Å². The van der Waals surface area contributed by atoms with Gasteiger partial charge in [-0.05, 0) is 62.8 Å². The van der Waals surface area contributed by atoms with Crippen LogP contribution < -0.4 is 5.32 Å². The fourth-order valence-electron chi connectivity index (χ4n) is 3.44. The molecule has 1 aliphatic carbocycles. The zero-order chi connectivity index (χ0) is 13.3. The quantitative estimate of drug-likeness (QED) is 0.897. The van der Waals surface area contributed by atoms with Crippen molar-refractivity contribution < 1.29 is 0 Å². The Balaban J connectivity index is 1.61. The van der Waals surface area contributed by atoms with Gasteiger partial charge in [-0.15, -0.1) is 0 Å². The largest absolute Gasteiger partial charge is 0.314 e. The number of fused-ring (bicyclic) bond motifs is 1. The van der Waals surface area contributed by atoms with E-state index in [1.165, 1.54) is 50.8 Å². The third-order valence-electron chi connectivity index (χ3n) is 5.13. The lowest BCUT2D eigenvalue weighted by molar-refractivity contribution is 0.146. The molecule has 0 aromatic heterocycles. The molecule has 1 heterocycles. The minimum absolute atomic E-state index is 0.356. The topological polar surface area (TPSA) is 15.3 Å². The summed E-state index contributed by atoms with van der Waals surface area (Å²) >= 11 is 0. The van der Waals surface area contributed by atoms with Crippen LogP contribution in [0.25, 0.3) is 0 Å². The van der Waals surface area contributed by atoms with Crippen molar-refractivity contribution in [3.8, 4) is 0 Å². The molecule has 1 fully saturated rings. The molecule has 1 aromatic carbocycles. The molecule has 1 aromatic rings. The van der Waals surface area contributed by atoms with Crippen LogP contribution in [0.4, 0.5) is 0 Å². The Morgan fingerprint density at radius 1 is 1.16 bits per heavy atom. The molecule has 19 heavy (non-hydrogen) atoms. The van der Waals surface area contributed by atoms with Gasteiger partial charge in [0.25, 0.3) is 0 Å². The molecule has 3 rings (SSSR count). The number of nitrogens with zero attached hydrogens (tertiary/aromatic N) is 1. The zero-order valence-electron chi connectivity index (χ0n) is 12.3. The van der Waals surface area contributed by atoms with Gasteiger partial charge in [0.05, 0.1) is 0 Å². The molecule has 0 amide bonds. The smallest absolute Gasteiger partial charge is 0.0233 e. The standard InChI is InChI=1S/C17H26N2/c1-17(18-2)8-10-19(11-9-17)13-14-6-7-15-4-3-5-16(15)12-14/h6-7,12,18H,3-5,8-11,13H2,1-2H3. The molecular formula is C17H26N2. The average molecular weight is 258 g/mol. The monoisotopic (exact) mass is 258 g/mol. The summed E-state index contributed by atoms with van der Waals surface area (Å²) in [5, 5.41) is 3.47. The molecular weight excluding hydrogens is 232 g/mol. The van der Waals surface area contributed by atoms with Crippen molar-refractivity contribution in [1.82, 2.24) is 10.2 Å². The van der Waals surface area contributed by atoms with Gasteiger partial charge in [0.15, 0.2) is 0 Å². The van der Waals surface area contributed by atoms with Gasteiger partial charge >= 0.3 is 0 Å². The Morgan fingerprint density at radius 2 is 1.89 bits per heavy atom. The summed E-state index contributed by atoms with van der Waals surface area (Å²) in [7, 11) is 2.09. The van der Waals surface area contributed by atoms with Crippen molar-refractivity contribution in [3.63, 3.8) is 0 Å². The Kier molecular flexibility index (Phi) is 3.64. The van der Waals surface area contributed by atoms with E-state index in [2.05, 4.69) is 42.4 Å². The lowest BCUT2D eigenvalue weighted by Gasteiger charge is -2.39. The number of aryl methyl sites for hydroxylation is 2. The fourth-order valence-corrected chi connectivity index (χ4v) is 3.44. The first-order chi connectivity index (χ1) is 9.18. The van der Waals surface area contributed by atoms with Gasteiger partial charge in [-0.1, -0.05) is 18.2 Å². The molecule has 1 aliphatic heterocycles. The van der Waals surface area contributed by atoms with Gasteiger partial charge in [0.2, 0.25) is 0 Å². The van der Waals surface area contributed by atoms with Crippen LogP contribution in [0.5, 0.6) is 0 Å². The Morgan fingerprint density at radius 3 is 2.63 bits per heavy atom. The highest BCUT2D eigenvalue weighted by Crippen LogP contribution is 2.25. The normalized spacial score (nSPS) is 22.4. The highest BCUT2D eigenvalue weighted by Gasteiger charge is 2.28. The maximum atomic E-state index is 3.47. The van der Waals surface area contributed by atoms with E-state index < -0.39 is 0 Å². The number of nitrogens with one attached hydrogen (secondary N) is 1. The molecule has 104 valence electrons. The first-order valence-corrected chi connectivity index (χ1v) is 7.70. The highest BCUT2D eigenvalue weighted by molar-refractivity contribution is 5.35. The lowest BCUT2D eigenvalue weighted by atomic mass is 9.89. The molecule has 2 heteroatoms. The summed E-state index contributed by atoms with van der Waals surface area (Å²) in [6.07, 6.45) is 6.45. The van der Waals surface area contributed by atoms with Crippen molar-refractivity contribution >= 4 is 0 Å². The van der Waals surface area contributed by atoms with E-state index in [1.807, 2.05) is 0 Å². The minimum Gasteiger partial charge on any atom is -0.314 e. The van der Waals surface area contributed by atoms with E-state index >= 15 is 0 Å². The van der Waals surface area contributed by atoms with Crippen molar-refractivity contribution in [3.05, 3.63) is 34.9 Å². The number of piperidine rings is 1. The predicted octanol–water partition coefficient (Wildman–Crippen LogP) is 2.75. The molecule has 2 aliphatic rings. The van der Waals surface area contributed by atoms with Crippen LogP contribution in [0.2, 0.25) is 0 Å². The van der Waals surface area contributed by atoms with E-state index in [9.17, 15) is 0 Å². The van der Waals surface area contributed by atoms with Crippen LogP contribution in [0.3, 0.4) is 0 Å². The number of likely N-dealkylation sites (tertiary alicyclic amines) is 1. The van der Waals surface area contributed by atoms with E-state index in [0.717, 1.165) is 6.54 Å². The second-order valence-electron chi connectivity index (χ2n) is 6.54. The third kappa shape index (κ3) is 2.85. The second kappa shape index (κ2) is 5.26. The van der Waals surface area contributed by atoms with Crippen molar-refractivity contribution in [2.45, 2.75) is 51.1 Å². The summed E-state index contributed by atoms with van der Waals surface area (Å²) in [5.41, 5.74) is 5.06. The minimum atomic E-state index is 0.356. The lowest BCUT2D eigenvalue weighted by Crippen LogP contribution is -2.49. The molecule has 0 saturated carbocycles. The van der Waals surface area contributed by atoms with E-state index in [1.54, 1.807) is 11.1 Å². The Hall–Kier alpha value is -0.860. The van der Waals surface area contributed by atoms with Gasteiger partial charge < -0.3 is 5.32 Å². The summed E-state index contributed by atoms with van der Waals surface area (Å²) in [4.78, 5) is 2.61. The fraction of sp³-hybridized carbons (Fsp3) is 0.647. The zero-order valence-corrected chi connectivity index (χ0v) is 12.3. The molecule has 0 bridgehead atoms. The van der Waals surface area contributed by atoms with Crippen molar-refractivity contribution in [1.29, 1.82) is 0 Å². The molecule has 0 atom stereocenters. The molecule has 0 unspecified atom stereocenters. The highest BCUT2D eigenvalue weighted by atomic mass is 15.1. The van der Waals surface area contributed by atoms with Crippen LogP contribution in [0, 0.1) is 0 Å². The first kappa shape index (κ1) is 13.1.